The van der Waals surface area contributed by atoms with Crippen LogP contribution in [-0.4, -0.2) is 12.6 Å². The molecule has 0 radical (unpaired) electrons. The minimum atomic E-state index is -0.312. The maximum Gasteiger partial charge on any atom is 0.333 e. The molecule has 0 aliphatic carbocycles. The minimum Gasteiger partial charge on any atom is -0.463 e. The highest BCUT2D eigenvalue weighted by molar-refractivity contribution is 5.86. The van der Waals surface area contributed by atoms with E-state index in [1.54, 1.807) is 13.8 Å². The van der Waals surface area contributed by atoms with E-state index in [-0.39, 0.29) is 12.1 Å². The summed E-state index contributed by atoms with van der Waals surface area (Å²) < 4.78 is 4.56. The molecule has 0 amide bonds. The smallest absolute Gasteiger partial charge is 0.333 e. The third-order valence-corrected chi connectivity index (χ3v) is 0.624. The Kier molecular flexibility index (Phi) is 6.51. The van der Waals surface area contributed by atoms with Crippen LogP contribution in [0, 0.1) is 0 Å². The maximum atomic E-state index is 10.4. The van der Waals surface area contributed by atoms with Crippen LogP contribution in [0.3, 0.4) is 0 Å². The van der Waals surface area contributed by atoms with E-state index in [4.69, 9.17) is 0 Å². The SMILES string of the molecule is C=C(C)C(=O)OCC.N. The number of rotatable bonds is 2. The van der Waals surface area contributed by atoms with Crippen molar-refractivity contribution in [3.8, 4) is 0 Å². The molecule has 0 spiro atoms. The molecule has 0 rings (SSSR count). The number of ether oxygens (including phenoxy) is 1. The normalized spacial score (nSPS) is 7.33. The Balaban J connectivity index is 0. The van der Waals surface area contributed by atoms with Gasteiger partial charge in [-0.2, -0.15) is 0 Å². The third-order valence-electron chi connectivity index (χ3n) is 0.624. The molecule has 0 saturated heterocycles. The van der Waals surface area contributed by atoms with Crippen molar-refractivity contribution in [3.63, 3.8) is 0 Å². The van der Waals surface area contributed by atoms with Gasteiger partial charge >= 0.3 is 5.97 Å². The molecule has 3 N–H and O–H groups in total. The number of carbonyl (C=O) groups is 1. The van der Waals surface area contributed by atoms with Crippen LogP contribution in [0.5, 0.6) is 0 Å². The van der Waals surface area contributed by atoms with Gasteiger partial charge in [-0.25, -0.2) is 4.79 Å². The van der Waals surface area contributed by atoms with E-state index in [1.165, 1.54) is 0 Å². The van der Waals surface area contributed by atoms with E-state index in [2.05, 4.69) is 11.3 Å². The van der Waals surface area contributed by atoms with E-state index < -0.39 is 0 Å². The van der Waals surface area contributed by atoms with Gasteiger partial charge in [0.25, 0.3) is 0 Å². The van der Waals surface area contributed by atoms with Crippen LogP contribution in [0.1, 0.15) is 13.8 Å². The molecule has 54 valence electrons. The Bertz CT molecular complexity index is 110. The number of hydrogen-bond acceptors (Lipinski definition) is 3. The molecule has 3 heteroatoms. The summed E-state index contributed by atoms with van der Waals surface area (Å²) >= 11 is 0. The summed E-state index contributed by atoms with van der Waals surface area (Å²) in [6.07, 6.45) is 0. The van der Waals surface area contributed by atoms with Crippen LogP contribution in [0.2, 0.25) is 0 Å². The molecule has 0 saturated carbocycles. The van der Waals surface area contributed by atoms with Crippen LogP contribution >= 0.6 is 0 Å². The Hall–Kier alpha value is -0.830. The second-order valence-corrected chi connectivity index (χ2v) is 1.50. The van der Waals surface area contributed by atoms with Gasteiger partial charge in [0.1, 0.15) is 0 Å². The Morgan fingerprint density at radius 3 is 2.22 bits per heavy atom. The lowest BCUT2D eigenvalue weighted by molar-refractivity contribution is -0.138. The standard InChI is InChI=1S/C6H10O2.H3N/c1-4-8-6(7)5(2)3;/h2,4H2,1,3H3;1H3. The molecule has 9 heavy (non-hydrogen) atoms. The molecule has 0 aromatic heterocycles. The molecular formula is C6H13NO2. The number of carbonyl (C=O) groups excluding carboxylic acids is 1. The van der Waals surface area contributed by atoms with Crippen molar-refractivity contribution in [3.05, 3.63) is 12.2 Å². The van der Waals surface area contributed by atoms with Crippen LogP contribution < -0.4 is 6.15 Å². The third kappa shape index (κ3) is 5.03. The number of hydrogen-bond donors (Lipinski definition) is 1. The van der Waals surface area contributed by atoms with E-state index in [9.17, 15) is 4.79 Å². The van der Waals surface area contributed by atoms with Crippen LogP contribution in [0.15, 0.2) is 12.2 Å². The first-order valence-electron chi connectivity index (χ1n) is 2.51. The Labute approximate surface area is 55.3 Å². The second kappa shape index (κ2) is 5.31. The lowest BCUT2D eigenvalue weighted by Gasteiger charge is -1.96. The first-order valence-corrected chi connectivity index (χ1v) is 2.51. The molecule has 0 bridgehead atoms. The van der Waals surface area contributed by atoms with E-state index in [0.29, 0.717) is 12.2 Å². The molecule has 0 aliphatic heterocycles. The monoisotopic (exact) mass is 131 g/mol. The van der Waals surface area contributed by atoms with Gasteiger partial charge in [0, 0.05) is 5.57 Å². The Morgan fingerprint density at radius 1 is 1.67 bits per heavy atom. The number of esters is 1. The highest BCUT2D eigenvalue weighted by atomic mass is 16.5. The van der Waals surface area contributed by atoms with Crippen molar-refractivity contribution in [1.82, 2.24) is 6.15 Å². The van der Waals surface area contributed by atoms with Crippen LogP contribution in [-0.2, 0) is 9.53 Å². The Morgan fingerprint density at radius 2 is 2.11 bits per heavy atom. The topological polar surface area (TPSA) is 61.3 Å². The molecule has 0 heterocycles. The van der Waals surface area contributed by atoms with E-state index in [0.717, 1.165) is 0 Å². The summed E-state index contributed by atoms with van der Waals surface area (Å²) in [7, 11) is 0. The summed E-state index contributed by atoms with van der Waals surface area (Å²) in [5, 5.41) is 0. The first-order chi connectivity index (χ1) is 3.68. The average molecular weight is 131 g/mol. The summed E-state index contributed by atoms with van der Waals surface area (Å²) in [5.41, 5.74) is 0.451. The van der Waals surface area contributed by atoms with Gasteiger partial charge in [-0.3, -0.25) is 0 Å². The van der Waals surface area contributed by atoms with Crippen molar-refractivity contribution in [1.29, 1.82) is 0 Å². The predicted octanol–water partition coefficient (Wildman–Crippen LogP) is 1.29. The van der Waals surface area contributed by atoms with Gasteiger partial charge < -0.3 is 10.9 Å². The predicted molar refractivity (Wildman–Crippen MR) is 36.5 cm³/mol. The zero-order valence-corrected chi connectivity index (χ0v) is 5.94. The summed E-state index contributed by atoms with van der Waals surface area (Å²) in [6, 6.07) is 0. The molecule has 0 unspecified atom stereocenters. The van der Waals surface area contributed by atoms with E-state index in [1.807, 2.05) is 0 Å². The van der Waals surface area contributed by atoms with Gasteiger partial charge in [-0.05, 0) is 13.8 Å². The fraction of sp³-hybridized carbons (Fsp3) is 0.500. The van der Waals surface area contributed by atoms with Gasteiger partial charge in [-0.1, -0.05) is 6.58 Å². The van der Waals surface area contributed by atoms with Crippen LogP contribution in [0.4, 0.5) is 0 Å². The van der Waals surface area contributed by atoms with Crippen molar-refractivity contribution in [2.75, 3.05) is 6.61 Å². The first kappa shape index (κ1) is 11.0. The van der Waals surface area contributed by atoms with Gasteiger partial charge in [0.2, 0.25) is 0 Å². The second-order valence-electron chi connectivity index (χ2n) is 1.50. The summed E-state index contributed by atoms with van der Waals surface area (Å²) in [6.45, 7) is 7.21. The maximum absolute atomic E-state index is 10.4. The van der Waals surface area contributed by atoms with Gasteiger partial charge in [0.15, 0.2) is 0 Å². The molecule has 3 nitrogen and oxygen atoms in total. The minimum absolute atomic E-state index is 0. The summed E-state index contributed by atoms with van der Waals surface area (Å²) in [5.74, 6) is -0.312. The molecule has 0 aromatic carbocycles. The zero-order valence-electron chi connectivity index (χ0n) is 5.94. The quantitative estimate of drug-likeness (QED) is 0.453. The van der Waals surface area contributed by atoms with Crippen molar-refractivity contribution >= 4 is 5.97 Å². The highest BCUT2D eigenvalue weighted by Gasteiger charge is 1.98. The summed E-state index contributed by atoms with van der Waals surface area (Å²) in [4.78, 5) is 10.4. The lowest BCUT2D eigenvalue weighted by Crippen LogP contribution is -2.03. The molecule has 0 fully saturated rings. The fourth-order valence-corrected chi connectivity index (χ4v) is 0.254. The molecule has 0 aliphatic rings. The molecule has 0 aromatic rings. The van der Waals surface area contributed by atoms with E-state index >= 15 is 0 Å². The van der Waals surface area contributed by atoms with Gasteiger partial charge in [0.05, 0.1) is 6.61 Å². The molecular weight excluding hydrogens is 118 g/mol. The molecule has 0 atom stereocenters. The van der Waals surface area contributed by atoms with Crippen molar-refractivity contribution in [2.45, 2.75) is 13.8 Å². The van der Waals surface area contributed by atoms with Gasteiger partial charge in [-0.15, -0.1) is 0 Å². The van der Waals surface area contributed by atoms with Crippen molar-refractivity contribution < 1.29 is 9.53 Å². The lowest BCUT2D eigenvalue weighted by atomic mass is 10.4. The van der Waals surface area contributed by atoms with Crippen molar-refractivity contribution in [2.24, 2.45) is 0 Å². The average Bonchev–Trinajstić information content (AvgIpc) is 1.67. The highest BCUT2D eigenvalue weighted by Crippen LogP contribution is 1.89. The fourth-order valence-electron chi connectivity index (χ4n) is 0.254. The largest absolute Gasteiger partial charge is 0.463 e. The van der Waals surface area contributed by atoms with Crippen LogP contribution in [0.25, 0.3) is 0 Å². The zero-order chi connectivity index (χ0) is 6.57.